The van der Waals surface area contributed by atoms with Gasteiger partial charge in [0.25, 0.3) is 0 Å². The molecule has 0 spiro atoms. The van der Waals surface area contributed by atoms with E-state index in [1.807, 2.05) is 18.2 Å². The number of hydrogen-bond donors (Lipinski definition) is 9. The van der Waals surface area contributed by atoms with E-state index in [0.717, 1.165) is 17.8 Å². The van der Waals surface area contributed by atoms with Crippen molar-refractivity contribution in [3.63, 3.8) is 0 Å². The number of fused-ring (bicyclic) bond motifs is 1. The molecule has 0 aliphatic rings. The molecular formula is C22H31N5O8. The van der Waals surface area contributed by atoms with Crippen molar-refractivity contribution in [3.8, 4) is 0 Å². The zero-order valence-electron chi connectivity index (χ0n) is 19.3. The number of aliphatic hydroxyl groups is 3. The summed E-state index contributed by atoms with van der Waals surface area (Å²) in [7, 11) is 0. The van der Waals surface area contributed by atoms with Crippen LogP contribution in [0.5, 0.6) is 0 Å². The maximum Gasteiger partial charge on any atom is 0.328 e. The van der Waals surface area contributed by atoms with Crippen molar-refractivity contribution in [1.29, 1.82) is 0 Å². The standard InChI is InChI=1S/C22H31N5O8/c1-10(29)17(21(33)27-18(11(2)30)22(34)35)26-20(32)16(25-19(31)14(23)9-28)7-12-8-24-15-6-4-3-5-13(12)15/h3-6,8,10-11,14,16-18,24,28-30H,7,9,23H2,1-2H3,(H,25,31)(H,26,32)(H,27,33)(H,34,35). The highest BCUT2D eigenvalue weighted by Gasteiger charge is 2.34. The number of benzene rings is 1. The maximum absolute atomic E-state index is 13.1. The number of aromatic amines is 1. The van der Waals surface area contributed by atoms with Gasteiger partial charge in [-0.25, -0.2) is 4.79 Å². The summed E-state index contributed by atoms with van der Waals surface area (Å²) in [6, 6.07) is 1.41. The third-order valence-corrected chi connectivity index (χ3v) is 5.37. The lowest BCUT2D eigenvalue weighted by molar-refractivity contribution is -0.146. The fourth-order valence-electron chi connectivity index (χ4n) is 3.38. The molecule has 13 nitrogen and oxygen atoms in total. The van der Waals surface area contributed by atoms with Gasteiger partial charge in [-0.05, 0) is 25.5 Å². The van der Waals surface area contributed by atoms with Crippen molar-refractivity contribution in [2.45, 2.75) is 56.6 Å². The number of aliphatic hydroxyl groups excluding tert-OH is 3. The normalized spacial score (nSPS) is 16.4. The number of nitrogens with two attached hydrogens (primary N) is 1. The number of H-pyrrole nitrogens is 1. The minimum Gasteiger partial charge on any atom is -0.480 e. The van der Waals surface area contributed by atoms with Crippen LogP contribution in [0.4, 0.5) is 0 Å². The topological polar surface area (TPSA) is 227 Å². The van der Waals surface area contributed by atoms with Crippen LogP contribution in [0.25, 0.3) is 10.9 Å². The van der Waals surface area contributed by atoms with Gasteiger partial charge in [0.15, 0.2) is 6.04 Å². The summed E-state index contributed by atoms with van der Waals surface area (Å²) in [5.74, 6) is -4.23. The Kier molecular flexibility index (Phi) is 9.71. The summed E-state index contributed by atoms with van der Waals surface area (Å²) in [6.07, 6.45) is -1.27. The van der Waals surface area contributed by atoms with Gasteiger partial charge in [0.2, 0.25) is 17.7 Å². The molecule has 35 heavy (non-hydrogen) atoms. The molecule has 0 radical (unpaired) electrons. The number of rotatable bonds is 12. The van der Waals surface area contributed by atoms with Crippen molar-refractivity contribution >= 4 is 34.6 Å². The molecule has 2 rings (SSSR count). The van der Waals surface area contributed by atoms with Crippen LogP contribution >= 0.6 is 0 Å². The molecule has 3 amide bonds. The van der Waals surface area contributed by atoms with Gasteiger partial charge in [-0.15, -0.1) is 0 Å². The molecule has 0 aliphatic carbocycles. The lowest BCUT2D eigenvalue weighted by Crippen LogP contribution is -2.61. The van der Waals surface area contributed by atoms with E-state index >= 15 is 0 Å². The Hall–Kier alpha value is -3.52. The molecular weight excluding hydrogens is 462 g/mol. The second kappa shape index (κ2) is 12.3. The molecule has 0 saturated carbocycles. The highest BCUT2D eigenvalue weighted by atomic mass is 16.4. The van der Waals surface area contributed by atoms with Gasteiger partial charge in [-0.1, -0.05) is 18.2 Å². The van der Waals surface area contributed by atoms with Crippen molar-refractivity contribution in [1.82, 2.24) is 20.9 Å². The molecule has 1 aromatic heterocycles. The van der Waals surface area contributed by atoms with Crippen LogP contribution in [-0.2, 0) is 25.6 Å². The highest BCUT2D eigenvalue weighted by Crippen LogP contribution is 2.19. The Balaban J connectivity index is 2.28. The molecule has 0 aliphatic heterocycles. The van der Waals surface area contributed by atoms with Gasteiger partial charge in [-0.2, -0.15) is 0 Å². The van der Waals surface area contributed by atoms with E-state index in [-0.39, 0.29) is 6.42 Å². The number of carbonyl (C=O) groups excluding carboxylic acids is 3. The summed E-state index contributed by atoms with van der Waals surface area (Å²) in [6.45, 7) is 1.70. The first-order valence-corrected chi connectivity index (χ1v) is 10.9. The smallest absolute Gasteiger partial charge is 0.328 e. The van der Waals surface area contributed by atoms with E-state index in [1.54, 1.807) is 12.3 Å². The van der Waals surface area contributed by atoms with Crippen LogP contribution < -0.4 is 21.7 Å². The number of carboxylic acids is 1. The van der Waals surface area contributed by atoms with Crippen molar-refractivity contribution < 1.29 is 39.6 Å². The maximum atomic E-state index is 13.1. The fourth-order valence-corrected chi connectivity index (χ4v) is 3.38. The van der Waals surface area contributed by atoms with Crippen LogP contribution in [0.1, 0.15) is 19.4 Å². The molecule has 192 valence electrons. The van der Waals surface area contributed by atoms with Crippen molar-refractivity contribution in [3.05, 3.63) is 36.0 Å². The molecule has 10 N–H and O–H groups in total. The largest absolute Gasteiger partial charge is 0.480 e. The second-order valence-electron chi connectivity index (χ2n) is 8.21. The van der Waals surface area contributed by atoms with E-state index in [2.05, 4.69) is 20.9 Å². The van der Waals surface area contributed by atoms with Crippen molar-refractivity contribution in [2.24, 2.45) is 5.73 Å². The van der Waals surface area contributed by atoms with Crippen LogP contribution in [0, 0.1) is 0 Å². The first kappa shape index (κ1) is 27.7. The van der Waals surface area contributed by atoms with Gasteiger partial charge in [-0.3, -0.25) is 14.4 Å². The third-order valence-electron chi connectivity index (χ3n) is 5.37. The second-order valence-corrected chi connectivity index (χ2v) is 8.21. The molecule has 1 aromatic carbocycles. The summed E-state index contributed by atoms with van der Waals surface area (Å²) >= 11 is 0. The molecule has 0 bridgehead atoms. The minimum atomic E-state index is -1.68. The van der Waals surface area contributed by atoms with Gasteiger partial charge in [0.1, 0.15) is 18.1 Å². The predicted molar refractivity (Wildman–Crippen MR) is 124 cm³/mol. The number of aromatic nitrogens is 1. The van der Waals surface area contributed by atoms with Crippen LogP contribution in [-0.4, -0.2) is 92.1 Å². The molecule has 0 saturated heterocycles. The summed E-state index contributed by atoms with van der Waals surface area (Å²) < 4.78 is 0. The molecule has 1 heterocycles. The lowest BCUT2D eigenvalue weighted by Gasteiger charge is -2.27. The van der Waals surface area contributed by atoms with Crippen LogP contribution in [0.2, 0.25) is 0 Å². The fraction of sp³-hybridized carbons (Fsp3) is 0.455. The van der Waals surface area contributed by atoms with Gasteiger partial charge >= 0.3 is 5.97 Å². The zero-order chi connectivity index (χ0) is 26.3. The molecule has 2 aromatic rings. The number of hydrogen-bond acceptors (Lipinski definition) is 8. The third kappa shape index (κ3) is 7.23. The average Bonchev–Trinajstić information content (AvgIpc) is 3.21. The quantitative estimate of drug-likeness (QED) is 0.150. The van der Waals surface area contributed by atoms with Gasteiger partial charge in [0, 0.05) is 23.5 Å². The summed E-state index contributed by atoms with van der Waals surface area (Å²) in [4.78, 5) is 52.4. The number of carbonyl (C=O) groups is 4. The number of para-hydroxylation sites is 1. The monoisotopic (exact) mass is 493 g/mol. The van der Waals surface area contributed by atoms with E-state index in [1.165, 1.54) is 6.92 Å². The van der Waals surface area contributed by atoms with Crippen LogP contribution in [0.15, 0.2) is 30.5 Å². The van der Waals surface area contributed by atoms with E-state index in [4.69, 9.17) is 5.73 Å². The number of aliphatic carboxylic acids is 1. The van der Waals surface area contributed by atoms with Crippen molar-refractivity contribution in [2.75, 3.05) is 6.61 Å². The zero-order valence-corrected chi connectivity index (χ0v) is 19.3. The minimum absolute atomic E-state index is 0.0285. The SMILES string of the molecule is CC(O)C(NC(=O)C(NC(=O)C(Cc1c[nH]c2ccccc12)NC(=O)C(N)CO)C(C)O)C(=O)O. The average molecular weight is 494 g/mol. The van der Waals surface area contributed by atoms with E-state index in [9.17, 15) is 39.6 Å². The molecule has 13 heteroatoms. The molecule has 0 fully saturated rings. The van der Waals surface area contributed by atoms with Crippen LogP contribution in [0.3, 0.4) is 0 Å². The van der Waals surface area contributed by atoms with E-state index in [0.29, 0.717) is 5.56 Å². The Bertz CT molecular complexity index is 1050. The Morgan fingerprint density at radius 3 is 2.11 bits per heavy atom. The first-order chi connectivity index (χ1) is 16.5. The highest BCUT2D eigenvalue weighted by molar-refractivity contribution is 5.95. The number of carboxylic acid groups (broad SMARTS) is 1. The lowest BCUT2D eigenvalue weighted by atomic mass is 10.0. The van der Waals surface area contributed by atoms with E-state index < -0.39 is 66.7 Å². The van der Waals surface area contributed by atoms with Gasteiger partial charge < -0.3 is 47.1 Å². The Morgan fingerprint density at radius 1 is 0.943 bits per heavy atom. The predicted octanol–water partition coefficient (Wildman–Crippen LogP) is -2.67. The molecule has 6 atom stereocenters. The number of nitrogens with one attached hydrogen (secondary N) is 4. The summed E-state index contributed by atoms with van der Waals surface area (Å²) in [5, 5.41) is 45.6. The van der Waals surface area contributed by atoms with Gasteiger partial charge in [0.05, 0.1) is 18.8 Å². The number of amides is 3. The summed E-state index contributed by atoms with van der Waals surface area (Å²) in [5.41, 5.74) is 7.01. The first-order valence-electron chi connectivity index (χ1n) is 10.9. The molecule has 6 unspecified atom stereocenters. The Labute approximate surface area is 200 Å². The Morgan fingerprint density at radius 2 is 1.54 bits per heavy atom.